The number of rotatable bonds is 6. The fourth-order valence-electron chi connectivity index (χ4n) is 1.06. The molecule has 0 radical (unpaired) electrons. The van der Waals surface area contributed by atoms with Crippen molar-refractivity contribution in [3.63, 3.8) is 0 Å². The van der Waals surface area contributed by atoms with Gasteiger partial charge in [0.1, 0.15) is 11.0 Å². The Morgan fingerprint density at radius 1 is 1.56 bits per heavy atom. The molecule has 0 aromatic heterocycles. The first-order valence-electron chi connectivity index (χ1n) is 4.62. The first-order chi connectivity index (χ1) is 7.65. The second-order valence-electron chi connectivity index (χ2n) is 2.99. The van der Waals surface area contributed by atoms with Crippen LogP contribution in [0.5, 0.6) is 0 Å². The molecular formula is C10H13NO4S. The molecule has 0 fully saturated rings. The Kier molecular flexibility index (Phi) is 5.10. The maximum atomic E-state index is 11.6. The second kappa shape index (κ2) is 6.37. The smallest absolute Gasteiger partial charge is 0.335 e. The minimum atomic E-state index is -1.41. The van der Waals surface area contributed by atoms with Crippen molar-refractivity contribution >= 4 is 17.0 Å². The summed E-state index contributed by atoms with van der Waals surface area (Å²) in [4.78, 5) is 11.1. The van der Waals surface area contributed by atoms with Crippen molar-refractivity contribution in [2.45, 2.75) is 4.90 Å². The van der Waals surface area contributed by atoms with Crippen LogP contribution in [0.2, 0.25) is 0 Å². The zero-order valence-electron chi connectivity index (χ0n) is 8.80. The predicted molar refractivity (Wildman–Crippen MR) is 59.7 cm³/mol. The van der Waals surface area contributed by atoms with Crippen LogP contribution in [0.15, 0.2) is 29.2 Å². The van der Waals surface area contributed by atoms with E-state index in [1.54, 1.807) is 19.2 Å². The van der Waals surface area contributed by atoms with Gasteiger partial charge in [0.25, 0.3) is 0 Å². The van der Waals surface area contributed by atoms with Crippen LogP contribution < -0.4 is 4.72 Å². The highest BCUT2D eigenvalue weighted by molar-refractivity contribution is 7.83. The minimum Gasteiger partial charge on any atom is -0.478 e. The predicted octanol–water partition coefficient (Wildman–Crippen LogP) is 0.643. The lowest BCUT2D eigenvalue weighted by atomic mass is 10.2. The zero-order chi connectivity index (χ0) is 12.0. The summed E-state index contributed by atoms with van der Waals surface area (Å²) >= 11 is 0. The molecule has 1 unspecified atom stereocenters. The molecule has 0 saturated carbocycles. The van der Waals surface area contributed by atoms with Crippen molar-refractivity contribution in [1.82, 2.24) is 4.72 Å². The Morgan fingerprint density at radius 2 is 2.31 bits per heavy atom. The van der Waals surface area contributed by atoms with Gasteiger partial charge in [-0.05, 0) is 18.2 Å². The number of carboxylic acid groups (broad SMARTS) is 1. The van der Waals surface area contributed by atoms with E-state index in [0.29, 0.717) is 18.0 Å². The normalized spacial score (nSPS) is 12.3. The average Bonchev–Trinajstić information content (AvgIpc) is 2.29. The Morgan fingerprint density at radius 3 is 2.94 bits per heavy atom. The molecule has 1 atom stereocenters. The summed E-state index contributed by atoms with van der Waals surface area (Å²) in [5, 5.41) is 8.77. The number of aromatic carboxylic acids is 1. The summed E-state index contributed by atoms with van der Waals surface area (Å²) in [6.07, 6.45) is 0. The molecular weight excluding hydrogens is 230 g/mol. The Balaban J connectivity index is 2.68. The van der Waals surface area contributed by atoms with E-state index in [-0.39, 0.29) is 5.56 Å². The van der Waals surface area contributed by atoms with Gasteiger partial charge in [-0.3, -0.25) is 0 Å². The SMILES string of the molecule is COCCNS(=O)c1cccc(C(=O)O)c1. The average molecular weight is 243 g/mol. The lowest BCUT2D eigenvalue weighted by Crippen LogP contribution is -2.22. The van der Waals surface area contributed by atoms with E-state index in [1.807, 2.05) is 0 Å². The third-order valence-electron chi connectivity index (χ3n) is 1.83. The van der Waals surface area contributed by atoms with E-state index >= 15 is 0 Å². The first-order valence-corrected chi connectivity index (χ1v) is 5.77. The summed E-state index contributed by atoms with van der Waals surface area (Å²) in [5.74, 6) is -1.03. The molecule has 5 nitrogen and oxygen atoms in total. The molecule has 0 amide bonds. The van der Waals surface area contributed by atoms with Crippen molar-refractivity contribution in [3.8, 4) is 0 Å². The van der Waals surface area contributed by atoms with Gasteiger partial charge >= 0.3 is 5.97 Å². The molecule has 0 heterocycles. The van der Waals surface area contributed by atoms with E-state index in [9.17, 15) is 9.00 Å². The van der Waals surface area contributed by atoms with Gasteiger partial charge in [0, 0.05) is 13.7 Å². The summed E-state index contributed by atoms with van der Waals surface area (Å²) < 4.78 is 19.2. The van der Waals surface area contributed by atoms with Crippen molar-refractivity contribution in [2.24, 2.45) is 0 Å². The summed E-state index contributed by atoms with van der Waals surface area (Å²) in [6.45, 7) is 0.894. The van der Waals surface area contributed by atoms with Crippen LogP contribution in [0.3, 0.4) is 0 Å². The van der Waals surface area contributed by atoms with Crippen LogP contribution in [-0.4, -0.2) is 35.5 Å². The summed E-state index contributed by atoms with van der Waals surface area (Å²) in [6, 6.07) is 6.02. The lowest BCUT2D eigenvalue weighted by molar-refractivity contribution is 0.0696. The van der Waals surface area contributed by atoms with E-state index in [2.05, 4.69) is 4.72 Å². The molecule has 88 valence electrons. The molecule has 0 aliphatic heterocycles. The number of nitrogens with one attached hydrogen (secondary N) is 1. The number of carboxylic acids is 1. The topological polar surface area (TPSA) is 75.6 Å². The maximum absolute atomic E-state index is 11.6. The van der Waals surface area contributed by atoms with Crippen molar-refractivity contribution in [2.75, 3.05) is 20.3 Å². The van der Waals surface area contributed by atoms with Gasteiger partial charge in [-0.1, -0.05) is 6.07 Å². The molecule has 1 rings (SSSR count). The number of ether oxygens (including phenoxy) is 1. The number of carbonyl (C=O) groups is 1. The van der Waals surface area contributed by atoms with Gasteiger partial charge < -0.3 is 9.84 Å². The number of methoxy groups -OCH3 is 1. The van der Waals surface area contributed by atoms with Crippen LogP contribution in [-0.2, 0) is 15.7 Å². The molecule has 1 aromatic rings. The van der Waals surface area contributed by atoms with Crippen molar-refractivity contribution < 1.29 is 18.8 Å². The second-order valence-corrected chi connectivity index (χ2v) is 4.29. The largest absolute Gasteiger partial charge is 0.478 e. The van der Waals surface area contributed by atoms with Gasteiger partial charge in [0.05, 0.1) is 17.1 Å². The number of benzene rings is 1. The lowest BCUT2D eigenvalue weighted by Gasteiger charge is -2.04. The van der Waals surface area contributed by atoms with Gasteiger partial charge in [-0.15, -0.1) is 0 Å². The van der Waals surface area contributed by atoms with Gasteiger partial charge in [-0.2, -0.15) is 0 Å². The van der Waals surface area contributed by atoms with Crippen molar-refractivity contribution in [3.05, 3.63) is 29.8 Å². The van der Waals surface area contributed by atoms with E-state index in [4.69, 9.17) is 9.84 Å². The standard InChI is InChI=1S/C10H13NO4S/c1-15-6-5-11-16(14)9-4-2-3-8(7-9)10(12)13/h2-4,7,11H,5-6H2,1H3,(H,12,13). The van der Waals surface area contributed by atoms with Crippen LogP contribution >= 0.6 is 0 Å². The summed E-state index contributed by atoms with van der Waals surface area (Å²) in [7, 11) is 0.146. The zero-order valence-corrected chi connectivity index (χ0v) is 9.62. The summed E-state index contributed by atoms with van der Waals surface area (Å²) in [5.41, 5.74) is 0.124. The molecule has 0 bridgehead atoms. The van der Waals surface area contributed by atoms with Crippen molar-refractivity contribution in [1.29, 1.82) is 0 Å². The third-order valence-corrected chi connectivity index (χ3v) is 2.98. The molecule has 6 heteroatoms. The molecule has 0 aliphatic carbocycles. The quantitative estimate of drug-likeness (QED) is 0.719. The van der Waals surface area contributed by atoms with E-state index < -0.39 is 17.0 Å². The fourth-order valence-corrected chi connectivity index (χ4v) is 1.94. The van der Waals surface area contributed by atoms with Crippen LogP contribution in [0.25, 0.3) is 0 Å². The van der Waals surface area contributed by atoms with Gasteiger partial charge in [-0.25, -0.2) is 13.7 Å². The molecule has 16 heavy (non-hydrogen) atoms. The molecule has 0 spiro atoms. The Labute approximate surface area is 96.0 Å². The highest BCUT2D eigenvalue weighted by Gasteiger charge is 2.07. The van der Waals surface area contributed by atoms with Gasteiger partial charge in [0.2, 0.25) is 0 Å². The molecule has 0 aliphatic rings. The molecule has 2 N–H and O–H groups in total. The fraction of sp³-hybridized carbons (Fsp3) is 0.300. The maximum Gasteiger partial charge on any atom is 0.335 e. The monoisotopic (exact) mass is 243 g/mol. The first kappa shape index (κ1) is 12.8. The van der Waals surface area contributed by atoms with E-state index in [1.165, 1.54) is 12.1 Å². The van der Waals surface area contributed by atoms with Crippen LogP contribution in [0.4, 0.5) is 0 Å². The van der Waals surface area contributed by atoms with Crippen LogP contribution in [0, 0.1) is 0 Å². The highest BCUT2D eigenvalue weighted by atomic mass is 32.2. The van der Waals surface area contributed by atoms with Crippen LogP contribution in [0.1, 0.15) is 10.4 Å². The minimum absolute atomic E-state index is 0.124. The van der Waals surface area contributed by atoms with E-state index in [0.717, 1.165) is 0 Å². The van der Waals surface area contributed by atoms with Gasteiger partial charge in [0.15, 0.2) is 0 Å². The highest BCUT2D eigenvalue weighted by Crippen LogP contribution is 2.08. The number of hydrogen-bond acceptors (Lipinski definition) is 3. The Hall–Kier alpha value is -1.24. The number of hydrogen-bond donors (Lipinski definition) is 2. The molecule has 1 aromatic carbocycles. The molecule has 0 saturated heterocycles. The third kappa shape index (κ3) is 3.73. The Bertz CT molecular complexity index is 394.